The first-order chi connectivity index (χ1) is 9.75. The SMILES string of the molecule is O=c1cc(-c2ccccn2)n(Cl)c(-c2ccccn2)c1. The Balaban J connectivity index is 2.24. The van der Waals surface area contributed by atoms with Crippen LogP contribution in [-0.4, -0.2) is 14.1 Å². The summed E-state index contributed by atoms with van der Waals surface area (Å²) in [4.78, 5) is 20.3. The molecule has 0 aromatic carbocycles. The Morgan fingerprint density at radius 1 is 0.850 bits per heavy atom. The first-order valence-electron chi connectivity index (χ1n) is 6.02. The van der Waals surface area contributed by atoms with Gasteiger partial charge < -0.3 is 0 Å². The van der Waals surface area contributed by atoms with Crippen LogP contribution in [0.5, 0.6) is 0 Å². The maximum absolute atomic E-state index is 11.9. The summed E-state index contributed by atoms with van der Waals surface area (Å²) in [6.45, 7) is 0. The summed E-state index contributed by atoms with van der Waals surface area (Å²) >= 11 is 6.35. The van der Waals surface area contributed by atoms with Crippen molar-refractivity contribution in [2.45, 2.75) is 0 Å². The number of hydrogen-bond donors (Lipinski definition) is 0. The van der Waals surface area contributed by atoms with E-state index in [4.69, 9.17) is 11.8 Å². The summed E-state index contributed by atoms with van der Waals surface area (Å²) in [7, 11) is 0. The van der Waals surface area contributed by atoms with E-state index in [-0.39, 0.29) is 5.43 Å². The van der Waals surface area contributed by atoms with Gasteiger partial charge in [-0.1, -0.05) is 12.1 Å². The van der Waals surface area contributed by atoms with Gasteiger partial charge in [0.25, 0.3) is 0 Å². The molecule has 98 valence electrons. The molecule has 3 aromatic rings. The van der Waals surface area contributed by atoms with E-state index in [9.17, 15) is 4.79 Å². The zero-order chi connectivity index (χ0) is 13.9. The third-order valence-electron chi connectivity index (χ3n) is 2.84. The zero-order valence-corrected chi connectivity index (χ0v) is 11.2. The van der Waals surface area contributed by atoms with Gasteiger partial charge in [0.2, 0.25) is 0 Å². The van der Waals surface area contributed by atoms with Crippen LogP contribution >= 0.6 is 11.8 Å². The van der Waals surface area contributed by atoms with Gasteiger partial charge in [0.15, 0.2) is 5.43 Å². The number of nitrogens with zero attached hydrogens (tertiary/aromatic N) is 3. The predicted octanol–water partition coefficient (Wildman–Crippen LogP) is 2.97. The lowest BCUT2D eigenvalue weighted by molar-refractivity contribution is 1.14. The molecule has 0 N–H and O–H groups in total. The summed E-state index contributed by atoms with van der Waals surface area (Å²) in [6.07, 6.45) is 3.31. The molecule has 0 saturated heterocycles. The molecule has 0 fully saturated rings. The number of aromatic nitrogens is 3. The van der Waals surface area contributed by atoms with Crippen LogP contribution in [-0.2, 0) is 0 Å². The standard InChI is InChI=1S/C15H10ClN3O/c16-19-14(12-5-1-3-7-17-12)9-11(20)10-15(19)13-6-2-4-8-18-13/h1-10H. The summed E-state index contributed by atoms with van der Waals surface area (Å²) in [5.41, 5.74) is 2.22. The van der Waals surface area contributed by atoms with Gasteiger partial charge in [0.05, 0.1) is 22.8 Å². The van der Waals surface area contributed by atoms with E-state index in [0.29, 0.717) is 22.8 Å². The largest absolute Gasteiger partial charge is 0.290 e. The average molecular weight is 284 g/mol. The molecule has 3 heterocycles. The van der Waals surface area contributed by atoms with Gasteiger partial charge in [-0.3, -0.25) is 14.8 Å². The first kappa shape index (κ1) is 12.6. The lowest BCUT2D eigenvalue weighted by Gasteiger charge is -2.10. The van der Waals surface area contributed by atoms with Crippen LogP contribution in [0, 0.1) is 0 Å². The summed E-state index contributed by atoms with van der Waals surface area (Å²) in [5, 5.41) is 0. The van der Waals surface area contributed by atoms with Crippen molar-refractivity contribution in [3.63, 3.8) is 0 Å². The first-order valence-corrected chi connectivity index (χ1v) is 6.35. The van der Waals surface area contributed by atoms with Crippen molar-refractivity contribution in [2.75, 3.05) is 0 Å². The second kappa shape index (κ2) is 5.27. The topological polar surface area (TPSA) is 47.8 Å². The van der Waals surface area contributed by atoms with Gasteiger partial charge in [-0.05, 0) is 24.3 Å². The molecule has 0 spiro atoms. The minimum atomic E-state index is -0.136. The summed E-state index contributed by atoms with van der Waals surface area (Å²) < 4.78 is 1.41. The van der Waals surface area contributed by atoms with E-state index in [0.717, 1.165) is 0 Å². The Bertz CT molecular complexity index is 721. The van der Waals surface area contributed by atoms with Crippen molar-refractivity contribution >= 4 is 11.8 Å². The smallest absolute Gasteiger partial charge is 0.183 e. The van der Waals surface area contributed by atoms with E-state index < -0.39 is 0 Å². The fourth-order valence-corrected chi connectivity index (χ4v) is 2.20. The minimum Gasteiger partial charge on any atom is -0.290 e. The quantitative estimate of drug-likeness (QED) is 0.726. The summed E-state index contributed by atoms with van der Waals surface area (Å²) in [6, 6.07) is 13.8. The molecular weight excluding hydrogens is 274 g/mol. The molecule has 20 heavy (non-hydrogen) atoms. The predicted molar refractivity (Wildman–Crippen MR) is 78.4 cm³/mol. The molecule has 5 heteroatoms. The Kier molecular flexibility index (Phi) is 3.31. The number of halogens is 1. The summed E-state index contributed by atoms with van der Waals surface area (Å²) in [5.74, 6) is 0. The molecule has 0 unspecified atom stereocenters. The number of rotatable bonds is 2. The van der Waals surface area contributed by atoms with Gasteiger partial charge >= 0.3 is 0 Å². The van der Waals surface area contributed by atoms with Gasteiger partial charge in [0, 0.05) is 36.3 Å². The van der Waals surface area contributed by atoms with Crippen LogP contribution in [0.2, 0.25) is 0 Å². The van der Waals surface area contributed by atoms with Gasteiger partial charge in [-0.2, -0.15) is 0 Å². The molecule has 0 radical (unpaired) electrons. The third-order valence-corrected chi connectivity index (χ3v) is 3.20. The fourth-order valence-electron chi connectivity index (χ4n) is 1.93. The van der Waals surface area contributed by atoms with Crippen molar-refractivity contribution in [3.05, 3.63) is 71.1 Å². The number of pyridine rings is 3. The Hall–Kier alpha value is -2.46. The average Bonchev–Trinajstić information content (AvgIpc) is 2.51. The highest BCUT2D eigenvalue weighted by Gasteiger charge is 2.11. The lowest BCUT2D eigenvalue weighted by atomic mass is 10.2. The van der Waals surface area contributed by atoms with Crippen molar-refractivity contribution in [2.24, 2.45) is 0 Å². The second-order valence-electron chi connectivity index (χ2n) is 4.17. The molecule has 0 saturated carbocycles. The van der Waals surface area contributed by atoms with Crippen LogP contribution in [0.3, 0.4) is 0 Å². The van der Waals surface area contributed by atoms with Crippen LogP contribution in [0.4, 0.5) is 0 Å². The molecule has 0 bridgehead atoms. The van der Waals surface area contributed by atoms with E-state index in [1.807, 2.05) is 24.3 Å². The zero-order valence-electron chi connectivity index (χ0n) is 10.4. The van der Waals surface area contributed by atoms with Crippen molar-refractivity contribution in [1.82, 2.24) is 14.1 Å². The van der Waals surface area contributed by atoms with Crippen LogP contribution in [0.1, 0.15) is 0 Å². The van der Waals surface area contributed by atoms with E-state index in [2.05, 4.69) is 9.97 Å². The molecule has 0 atom stereocenters. The molecule has 3 aromatic heterocycles. The maximum atomic E-state index is 11.9. The monoisotopic (exact) mass is 283 g/mol. The fraction of sp³-hybridized carbons (Fsp3) is 0. The van der Waals surface area contributed by atoms with Crippen LogP contribution in [0.25, 0.3) is 22.8 Å². The van der Waals surface area contributed by atoms with Crippen LogP contribution < -0.4 is 5.43 Å². The van der Waals surface area contributed by atoms with Crippen molar-refractivity contribution in [1.29, 1.82) is 0 Å². The van der Waals surface area contributed by atoms with E-state index in [1.54, 1.807) is 24.5 Å². The van der Waals surface area contributed by atoms with Crippen molar-refractivity contribution < 1.29 is 0 Å². The second-order valence-corrected chi connectivity index (χ2v) is 4.51. The lowest BCUT2D eigenvalue weighted by Crippen LogP contribution is -2.07. The highest BCUT2D eigenvalue weighted by atomic mass is 35.5. The van der Waals surface area contributed by atoms with Gasteiger partial charge in [-0.25, -0.2) is 4.09 Å². The Labute approximate surface area is 120 Å². The normalized spacial score (nSPS) is 10.4. The highest BCUT2D eigenvalue weighted by Crippen LogP contribution is 2.23. The van der Waals surface area contributed by atoms with Gasteiger partial charge in [-0.15, -0.1) is 0 Å². The van der Waals surface area contributed by atoms with E-state index in [1.165, 1.54) is 16.2 Å². The molecular formula is C15H10ClN3O. The molecule has 3 rings (SSSR count). The molecule has 0 aliphatic heterocycles. The minimum absolute atomic E-state index is 0.136. The number of hydrogen-bond acceptors (Lipinski definition) is 3. The Morgan fingerprint density at radius 2 is 1.35 bits per heavy atom. The third kappa shape index (κ3) is 2.33. The molecule has 0 aliphatic rings. The molecule has 0 amide bonds. The Morgan fingerprint density at radius 3 is 1.75 bits per heavy atom. The van der Waals surface area contributed by atoms with Crippen molar-refractivity contribution in [3.8, 4) is 22.8 Å². The maximum Gasteiger partial charge on any atom is 0.183 e. The highest BCUT2D eigenvalue weighted by molar-refractivity contribution is 6.18. The van der Waals surface area contributed by atoms with Crippen LogP contribution in [0.15, 0.2) is 65.7 Å². The van der Waals surface area contributed by atoms with Gasteiger partial charge in [0.1, 0.15) is 0 Å². The van der Waals surface area contributed by atoms with E-state index >= 15 is 0 Å². The molecule has 4 nitrogen and oxygen atoms in total. The molecule has 0 aliphatic carbocycles.